The molecule has 2 aromatic carbocycles. The van der Waals surface area contributed by atoms with Gasteiger partial charge in [0, 0.05) is 48.3 Å². The number of benzene rings is 2. The number of hydrogen-bond acceptors (Lipinski definition) is 3. The monoisotopic (exact) mass is 532 g/mol. The molecule has 0 amide bonds. The van der Waals surface area contributed by atoms with Crippen LogP contribution in [0.1, 0.15) is 112 Å². The highest BCUT2D eigenvalue weighted by molar-refractivity contribution is 7.10. The molecule has 0 bridgehead atoms. The molecule has 3 heteroatoms. The number of nitrogens with zero attached hydrogens (tertiary/aromatic N) is 2. The predicted octanol–water partition coefficient (Wildman–Crippen LogP) is 10.4. The third kappa shape index (κ3) is 8.12. The third-order valence-corrected chi connectivity index (χ3v) is 8.75. The maximum Gasteiger partial charge on any atom is 0.0439 e. The van der Waals surface area contributed by atoms with Crippen LogP contribution in [-0.4, -0.2) is 26.2 Å². The molecule has 0 aliphatic rings. The van der Waals surface area contributed by atoms with E-state index in [0.29, 0.717) is 0 Å². The van der Waals surface area contributed by atoms with Gasteiger partial charge in [0.25, 0.3) is 0 Å². The standard InChI is InChI=1S/C35H52N2S/c1-7-11-21-36(22-12-8-2)30-17-19-32(28(5)26-30)35(34-16-15-25-38-34)33-20-18-31(27-29(33)6)37(23-13-9-3)24-14-10-4/h15-20,25-27,35H,7-14,21-24H2,1-6H3. The molecule has 38 heavy (non-hydrogen) atoms. The summed E-state index contributed by atoms with van der Waals surface area (Å²) in [5.41, 5.74) is 8.43. The topological polar surface area (TPSA) is 6.48 Å². The minimum Gasteiger partial charge on any atom is -0.372 e. The van der Waals surface area contributed by atoms with Gasteiger partial charge in [-0.1, -0.05) is 71.6 Å². The second kappa shape index (κ2) is 16.0. The van der Waals surface area contributed by atoms with Crippen LogP contribution in [0.25, 0.3) is 0 Å². The van der Waals surface area contributed by atoms with Gasteiger partial charge in [-0.3, -0.25) is 0 Å². The average Bonchev–Trinajstić information content (AvgIpc) is 3.45. The molecule has 0 saturated carbocycles. The predicted molar refractivity (Wildman–Crippen MR) is 172 cm³/mol. The van der Waals surface area contributed by atoms with E-state index in [1.807, 2.05) is 11.3 Å². The molecule has 0 saturated heterocycles. The Morgan fingerprint density at radius 3 is 1.34 bits per heavy atom. The smallest absolute Gasteiger partial charge is 0.0439 e. The van der Waals surface area contributed by atoms with Gasteiger partial charge in [-0.2, -0.15) is 0 Å². The Balaban J connectivity index is 1.97. The van der Waals surface area contributed by atoms with Crippen molar-refractivity contribution >= 4 is 22.7 Å². The van der Waals surface area contributed by atoms with Crippen molar-refractivity contribution in [2.24, 2.45) is 0 Å². The van der Waals surface area contributed by atoms with E-state index in [1.165, 1.54) is 89.9 Å². The summed E-state index contributed by atoms with van der Waals surface area (Å²) in [6.45, 7) is 18.4. The molecule has 0 unspecified atom stereocenters. The molecule has 3 rings (SSSR count). The van der Waals surface area contributed by atoms with Gasteiger partial charge < -0.3 is 9.80 Å². The van der Waals surface area contributed by atoms with Crippen molar-refractivity contribution in [3.8, 4) is 0 Å². The summed E-state index contributed by atoms with van der Waals surface area (Å²) in [4.78, 5) is 6.63. The molecule has 0 spiro atoms. The van der Waals surface area contributed by atoms with Gasteiger partial charge in [-0.15, -0.1) is 11.3 Å². The Morgan fingerprint density at radius 2 is 1.03 bits per heavy atom. The zero-order valence-corrected chi connectivity index (χ0v) is 25.9. The van der Waals surface area contributed by atoms with E-state index >= 15 is 0 Å². The van der Waals surface area contributed by atoms with Crippen molar-refractivity contribution in [3.63, 3.8) is 0 Å². The fraction of sp³-hybridized carbons (Fsp3) is 0.543. The van der Waals surface area contributed by atoms with Crippen LogP contribution in [0.15, 0.2) is 53.9 Å². The molecule has 2 nitrogen and oxygen atoms in total. The van der Waals surface area contributed by atoms with Crippen molar-refractivity contribution in [1.82, 2.24) is 0 Å². The molecule has 0 atom stereocenters. The van der Waals surface area contributed by atoms with E-state index in [9.17, 15) is 0 Å². The summed E-state index contributed by atoms with van der Waals surface area (Å²) in [6.07, 6.45) is 9.96. The Hall–Kier alpha value is -2.26. The van der Waals surface area contributed by atoms with Crippen LogP contribution >= 0.6 is 11.3 Å². The molecular formula is C35H52N2S. The van der Waals surface area contributed by atoms with Gasteiger partial charge in [-0.25, -0.2) is 0 Å². The molecular weight excluding hydrogens is 480 g/mol. The van der Waals surface area contributed by atoms with Crippen molar-refractivity contribution in [1.29, 1.82) is 0 Å². The van der Waals surface area contributed by atoms with E-state index in [0.717, 1.165) is 26.2 Å². The zero-order chi connectivity index (χ0) is 27.3. The quantitative estimate of drug-likeness (QED) is 0.171. The van der Waals surface area contributed by atoms with Crippen LogP contribution in [0, 0.1) is 13.8 Å². The first-order chi connectivity index (χ1) is 18.5. The Morgan fingerprint density at radius 1 is 0.605 bits per heavy atom. The fourth-order valence-electron chi connectivity index (χ4n) is 5.43. The number of thiophene rings is 1. The zero-order valence-electron chi connectivity index (χ0n) is 25.1. The molecule has 0 aliphatic heterocycles. The molecule has 208 valence electrons. The maximum absolute atomic E-state index is 2.60. The first kappa shape index (κ1) is 30.3. The summed E-state index contributed by atoms with van der Waals surface area (Å²) in [6, 6.07) is 19.0. The Bertz CT molecular complexity index is 986. The molecule has 0 N–H and O–H groups in total. The van der Waals surface area contributed by atoms with Crippen LogP contribution in [0.2, 0.25) is 0 Å². The molecule has 0 fully saturated rings. The normalized spacial score (nSPS) is 11.3. The maximum atomic E-state index is 2.60. The van der Waals surface area contributed by atoms with Crippen molar-refractivity contribution < 1.29 is 0 Å². The SMILES string of the molecule is CCCCN(CCCC)c1ccc(C(c2cccs2)c2ccc(N(CCCC)CCCC)cc2C)c(C)c1. The summed E-state index contributed by atoms with van der Waals surface area (Å²) in [5.74, 6) is 0.276. The van der Waals surface area contributed by atoms with Gasteiger partial charge in [0.2, 0.25) is 0 Å². The Kier molecular flexibility index (Phi) is 12.7. The van der Waals surface area contributed by atoms with Gasteiger partial charge in [-0.05, 0) is 97.5 Å². The average molecular weight is 533 g/mol. The summed E-state index contributed by atoms with van der Waals surface area (Å²) in [7, 11) is 0. The van der Waals surface area contributed by atoms with E-state index in [-0.39, 0.29) is 5.92 Å². The first-order valence-electron chi connectivity index (χ1n) is 15.3. The highest BCUT2D eigenvalue weighted by Crippen LogP contribution is 2.39. The van der Waals surface area contributed by atoms with Gasteiger partial charge in [0.05, 0.1) is 0 Å². The van der Waals surface area contributed by atoms with Crippen molar-refractivity contribution in [2.75, 3.05) is 36.0 Å². The lowest BCUT2D eigenvalue weighted by Gasteiger charge is -2.28. The molecule has 1 heterocycles. The van der Waals surface area contributed by atoms with Crippen LogP contribution in [0.3, 0.4) is 0 Å². The van der Waals surface area contributed by atoms with E-state index in [2.05, 4.69) is 105 Å². The minimum absolute atomic E-state index is 0.276. The van der Waals surface area contributed by atoms with E-state index in [4.69, 9.17) is 0 Å². The van der Waals surface area contributed by atoms with Crippen LogP contribution < -0.4 is 9.80 Å². The highest BCUT2D eigenvalue weighted by Gasteiger charge is 2.23. The lowest BCUT2D eigenvalue weighted by atomic mass is 9.84. The van der Waals surface area contributed by atoms with Gasteiger partial charge >= 0.3 is 0 Å². The van der Waals surface area contributed by atoms with Gasteiger partial charge in [0.1, 0.15) is 0 Å². The van der Waals surface area contributed by atoms with Crippen molar-refractivity contribution in [2.45, 2.75) is 98.8 Å². The second-order valence-corrected chi connectivity index (χ2v) is 11.9. The fourth-order valence-corrected chi connectivity index (χ4v) is 6.29. The van der Waals surface area contributed by atoms with E-state index in [1.54, 1.807) is 0 Å². The lowest BCUT2D eigenvalue weighted by molar-refractivity contribution is 0.677. The number of anilines is 2. The first-order valence-corrected chi connectivity index (χ1v) is 16.2. The number of unbranched alkanes of at least 4 members (excludes halogenated alkanes) is 4. The van der Waals surface area contributed by atoms with Gasteiger partial charge in [0.15, 0.2) is 0 Å². The van der Waals surface area contributed by atoms with Crippen LogP contribution in [0.4, 0.5) is 11.4 Å². The lowest BCUT2D eigenvalue weighted by Crippen LogP contribution is -2.26. The molecule has 0 aliphatic carbocycles. The molecule has 1 aromatic heterocycles. The molecule has 3 aromatic rings. The van der Waals surface area contributed by atoms with E-state index < -0.39 is 0 Å². The largest absolute Gasteiger partial charge is 0.372 e. The minimum atomic E-state index is 0.276. The number of hydrogen-bond donors (Lipinski definition) is 0. The van der Waals surface area contributed by atoms with Crippen LogP contribution in [0.5, 0.6) is 0 Å². The van der Waals surface area contributed by atoms with Crippen molar-refractivity contribution in [3.05, 3.63) is 81.0 Å². The third-order valence-electron chi connectivity index (χ3n) is 7.81. The molecule has 0 radical (unpaired) electrons. The summed E-state index contributed by atoms with van der Waals surface area (Å²) >= 11 is 1.88. The summed E-state index contributed by atoms with van der Waals surface area (Å²) < 4.78 is 0. The second-order valence-electron chi connectivity index (χ2n) is 10.9. The number of rotatable bonds is 17. The van der Waals surface area contributed by atoms with Crippen LogP contribution in [-0.2, 0) is 0 Å². The Labute approximate surface area is 238 Å². The number of aryl methyl sites for hydroxylation is 2. The summed E-state index contributed by atoms with van der Waals surface area (Å²) in [5, 5.41) is 2.23. The highest BCUT2D eigenvalue weighted by atomic mass is 32.1.